The molecule has 17 heavy (non-hydrogen) atoms. The zero-order valence-electron chi connectivity index (χ0n) is 9.65. The monoisotopic (exact) mass is 318 g/mol. The summed E-state index contributed by atoms with van der Waals surface area (Å²) in [5.41, 5.74) is 1.88. The molecule has 0 aromatic heterocycles. The number of aryl methyl sites for hydroxylation is 1. The van der Waals surface area contributed by atoms with Crippen molar-refractivity contribution in [1.29, 1.82) is 0 Å². The fourth-order valence-electron chi connectivity index (χ4n) is 1.93. The van der Waals surface area contributed by atoms with Gasteiger partial charge in [-0.1, -0.05) is 22.0 Å². The van der Waals surface area contributed by atoms with Crippen molar-refractivity contribution < 1.29 is 13.2 Å². The van der Waals surface area contributed by atoms with Crippen LogP contribution in [-0.4, -0.2) is 26.9 Å². The maximum atomic E-state index is 12.2. The van der Waals surface area contributed by atoms with Crippen LogP contribution in [0.1, 0.15) is 17.5 Å². The number of hydrogen-bond acceptors (Lipinski definition) is 3. The third kappa shape index (κ3) is 3.09. The molecule has 1 aliphatic heterocycles. The lowest BCUT2D eigenvalue weighted by Crippen LogP contribution is -2.23. The highest BCUT2D eigenvalue weighted by atomic mass is 79.9. The molecule has 1 unspecified atom stereocenters. The van der Waals surface area contributed by atoms with Crippen molar-refractivity contribution in [3.63, 3.8) is 0 Å². The summed E-state index contributed by atoms with van der Waals surface area (Å²) in [6, 6.07) is 5.73. The molecule has 5 heteroatoms. The summed E-state index contributed by atoms with van der Waals surface area (Å²) in [5, 5.41) is -0.333. The molecule has 0 aliphatic carbocycles. The third-order valence-corrected chi connectivity index (χ3v) is 5.66. The number of halogens is 1. The molecule has 3 nitrogen and oxygen atoms in total. The Labute approximate surface area is 110 Å². The lowest BCUT2D eigenvalue weighted by atomic mass is 10.1. The van der Waals surface area contributed by atoms with Crippen LogP contribution >= 0.6 is 15.9 Å². The van der Waals surface area contributed by atoms with Crippen LogP contribution < -0.4 is 0 Å². The summed E-state index contributed by atoms with van der Waals surface area (Å²) >= 11 is 3.37. The van der Waals surface area contributed by atoms with Gasteiger partial charge in [0.2, 0.25) is 0 Å². The molecule has 0 bridgehead atoms. The zero-order valence-corrected chi connectivity index (χ0v) is 12.1. The van der Waals surface area contributed by atoms with Gasteiger partial charge in [-0.25, -0.2) is 8.42 Å². The Balaban J connectivity index is 2.22. The van der Waals surface area contributed by atoms with E-state index in [1.54, 1.807) is 0 Å². The Kier molecular flexibility index (Phi) is 3.90. The molecule has 1 aromatic carbocycles. The molecule has 0 N–H and O–H groups in total. The van der Waals surface area contributed by atoms with Crippen molar-refractivity contribution in [1.82, 2.24) is 0 Å². The van der Waals surface area contributed by atoms with Gasteiger partial charge in [0, 0.05) is 11.1 Å². The van der Waals surface area contributed by atoms with E-state index in [-0.39, 0.29) is 11.0 Å². The highest BCUT2D eigenvalue weighted by Crippen LogP contribution is 2.22. The minimum Gasteiger partial charge on any atom is -0.380 e. The van der Waals surface area contributed by atoms with Crippen molar-refractivity contribution in [2.75, 3.05) is 13.2 Å². The molecule has 1 heterocycles. The summed E-state index contributed by atoms with van der Waals surface area (Å²) in [5.74, 6) is 0.103. The van der Waals surface area contributed by atoms with Gasteiger partial charge >= 0.3 is 0 Å². The van der Waals surface area contributed by atoms with E-state index in [2.05, 4.69) is 15.9 Å². The molecule has 1 atom stereocenters. The zero-order chi connectivity index (χ0) is 12.5. The van der Waals surface area contributed by atoms with Gasteiger partial charge in [0.25, 0.3) is 0 Å². The first-order valence-electron chi connectivity index (χ1n) is 5.53. The molecular weight excluding hydrogens is 304 g/mol. The molecular formula is C12H15BrO3S. The summed E-state index contributed by atoms with van der Waals surface area (Å²) in [6.07, 6.45) is 0.620. The van der Waals surface area contributed by atoms with Gasteiger partial charge in [-0.05, 0) is 36.6 Å². The maximum absolute atomic E-state index is 12.2. The predicted octanol–water partition coefficient (Wildman–Crippen LogP) is 2.46. The molecule has 1 aliphatic rings. The molecule has 0 amide bonds. The van der Waals surface area contributed by atoms with Gasteiger partial charge in [-0.15, -0.1) is 0 Å². The van der Waals surface area contributed by atoms with E-state index in [9.17, 15) is 8.42 Å². The topological polar surface area (TPSA) is 43.4 Å². The van der Waals surface area contributed by atoms with E-state index >= 15 is 0 Å². The van der Waals surface area contributed by atoms with Crippen molar-refractivity contribution in [2.45, 2.75) is 24.3 Å². The van der Waals surface area contributed by atoms with E-state index in [1.807, 2.05) is 25.1 Å². The quantitative estimate of drug-likeness (QED) is 0.859. The summed E-state index contributed by atoms with van der Waals surface area (Å²) < 4.78 is 30.4. The number of rotatable bonds is 3. The Bertz CT molecular complexity index is 504. The standard InChI is InChI=1S/C12H15BrO3S/c1-9-2-3-11(13)6-10(9)8-17(14,15)12-4-5-16-7-12/h2-3,6,12H,4-5,7-8H2,1H3. The van der Waals surface area contributed by atoms with Crippen molar-refractivity contribution in [3.8, 4) is 0 Å². The lowest BCUT2D eigenvalue weighted by Gasteiger charge is -2.11. The summed E-state index contributed by atoms with van der Waals surface area (Å²) in [7, 11) is -3.10. The summed E-state index contributed by atoms with van der Waals surface area (Å²) in [6.45, 7) is 2.83. The Hall–Kier alpha value is -0.390. The summed E-state index contributed by atoms with van der Waals surface area (Å²) in [4.78, 5) is 0. The minimum absolute atomic E-state index is 0.103. The van der Waals surface area contributed by atoms with E-state index in [1.165, 1.54) is 0 Å². The lowest BCUT2D eigenvalue weighted by molar-refractivity contribution is 0.198. The SMILES string of the molecule is Cc1ccc(Br)cc1CS(=O)(=O)C1CCOC1. The van der Waals surface area contributed by atoms with Crippen LogP contribution in [0.5, 0.6) is 0 Å². The van der Waals surface area contributed by atoms with Crippen LogP contribution in [0.2, 0.25) is 0 Å². The van der Waals surface area contributed by atoms with Crippen molar-refractivity contribution >= 4 is 25.8 Å². The normalized spacial score (nSPS) is 20.7. The van der Waals surface area contributed by atoms with Gasteiger partial charge in [-0.2, -0.15) is 0 Å². The number of benzene rings is 1. The number of sulfone groups is 1. The fourth-order valence-corrected chi connectivity index (χ4v) is 4.07. The second-order valence-electron chi connectivity index (χ2n) is 4.36. The maximum Gasteiger partial charge on any atom is 0.159 e. The van der Waals surface area contributed by atoms with E-state index in [0.29, 0.717) is 19.6 Å². The van der Waals surface area contributed by atoms with Crippen LogP contribution in [0.4, 0.5) is 0 Å². The first-order valence-corrected chi connectivity index (χ1v) is 8.04. The molecule has 1 aromatic rings. The first kappa shape index (κ1) is 13.1. The molecule has 1 saturated heterocycles. The molecule has 2 rings (SSSR count). The number of ether oxygens (including phenoxy) is 1. The smallest absolute Gasteiger partial charge is 0.159 e. The van der Waals surface area contributed by atoms with Crippen LogP contribution in [0, 0.1) is 6.92 Å². The van der Waals surface area contributed by atoms with Gasteiger partial charge in [-0.3, -0.25) is 0 Å². The van der Waals surface area contributed by atoms with Gasteiger partial charge < -0.3 is 4.74 Å². The van der Waals surface area contributed by atoms with Gasteiger partial charge in [0.15, 0.2) is 9.84 Å². The highest BCUT2D eigenvalue weighted by molar-refractivity contribution is 9.10. The van der Waals surface area contributed by atoms with E-state index in [4.69, 9.17) is 4.74 Å². The highest BCUT2D eigenvalue weighted by Gasteiger charge is 2.29. The molecule has 1 fully saturated rings. The van der Waals surface area contributed by atoms with Crippen LogP contribution in [0.3, 0.4) is 0 Å². The van der Waals surface area contributed by atoms with Crippen molar-refractivity contribution in [2.24, 2.45) is 0 Å². The predicted molar refractivity (Wildman–Crippen MR) is 70.7 cm³/mol. The largest absolute Gasteiger partial charge is 0.380 e. The van der Waals surface area contributed by atoms with Crippen molar-refractivity contribution in [3.05, 3.63) is 33.8 Å². The molecule has 0 radical (unpaired) electrons. The Morgan fingerprint density at radius 3 is 2.88 bits per heavy atom. The van der Waals surface area contributed by atoms with Crippen LogP contribution in [0.25, 0.3) is 0 Å². The Morgan fingerprint density at radius 2 is 2.24 bits per heavy atom. The van der Waals surface area contributed by atoms with E-state index < -0.39 is 9.84 Å². The third-order valence-electron chi connectivity index (χ3n) is 3.06. The Morgan fingerprint density at radius 1 is 1.47 bits per heavy atom. The van der Waals surface area contributed by atoms with Gasteiger partial charge in [0.05, 0.1) is 17.6 Å². The van der Waals surface area contributed by atoms with Crippen LogP contribution in [-0.2, 0) is 20.3 Å². The van der Waals surface area contributed by atoms with Crippen LogP contribution in [0.15, 0.2) is 22.7 Å². The second kappa shape index (κ2) is 5.08. The molecule has 0 spiro atoms. The van der Waals surface area contributed by atoms with Gasteiger partial charge in [0.1, 0.15) is 0 Å². The molecule has 94 valence electrons. The fraction of sp³-hybridized carbons (Fsp3) is 0.500. The second-order valence-corrected chi connectivity index (χ2v) is 7.56. The average molecular weight is 319 g/mol. The van der Waals surface area contributed by atoms with E-state index in [0.717, 1.165) is 15.6 Å². The first-order chi connectivity index (χ1) is 7.99. The molecule has 0 saturated carbocycles. The minimum atomic E-state index is -3.10. The average Bonchev–Trinajstić information content (AvgIpc) is 2.77. The number of hydrogen-bond donors (Lipinski definition) is 0.